The number of pyridine rings is 1. The summed E-state index contributed by atoms with van der Waals surface area (Å²) in [6.45, 7) is 1.76. The first kappa shape index (κ1) is 18.9. The van der Waals surface area contributed by atoms with Crippen LogP contribution in [0.15, 0.2) is 54.6 Å². The Morgan fingerprint density at radius 1 is 1.07 bits per heavy atom. The van der Waals surface area contributed by atoms with Gasteiger partial charge in [-0.2, -0.15) is 0 Å². The molecule has 6 nitrogen and oxygen atoms in total. The van der Waals surface area contributed by atoms with Crippen LogP contribution in [0.4, 0.5) is 0 Å². The Kier molecular flexibility index (Phi) is 5.42. The number of amides is 2. The molecule has 1 aliphatic rings. The van der Waals surface area contributed by atoms with E-state index in [2.05, 4.69) is 22.4 Å². The van der Waals surface area contributed by atoms with Gasteiger partial charge < -0.3 is 15.0 Å². The largest absolute Gasteiger partial charge is 0.481 e. The molecule has 2 amide bonds. The standard InChI is InChI=1S/C23H23N3O3/c1-29-23-19-10-5-4-7-16(19)13-20(25-23)22(28)24-12-6-11-21(27)26-14-17-8-2-3-9-18(17)15-26/h2-5,7-10,13H,6,11-12,14-15H2,1H3,(H,24,28). The van der Waals surface area contributed by atoms with Gasteiger partial charge in [-0.1, -0.05) is 42.5 Å². The van der Waals surface area contributed by atoms with E-state index in [9.17, 15) is 9.59 Å². The number of carbonyl (C=O) groups excluding carboxylic acids is 2. The number of nitrogens with one attached hydrogen (secondary N) is 1. The summed E-state index contributed by atoms with van der Waals surface area (Å²) in [6, 6.07) is 17.5. The van der Waals surface area contributed by atoms with E-state index >= 15 is 0 Å². The van der Waals surface area contributed by atoms with Gasteiger partial charge in [0.05, 0.1) is 7.11 Å². The molecule has 0 atom stereocenters. The lowest BCUT2D eigenvalue weighted by Gasteiger charge is -2.15. The van der Waals surface area contributed by atoms with Crippen molar-refractivity contribution in [1.82, 2.24) is 15.2 Å². The lowest BCUT2D eigenvalue weighted by atomic mass is 10.1. The zero-order valence-corrected chi connectivity index (χ0v) is 16.4. The van der Waals surface area contributed by atoms with Crippen molar-refractivity contribution in [3.8, 4) is 5.88 Å². The first-order valence-electron chi connectivity index (χ1n) is 9.72. The highest BCUT2D eigenvalue weighted by molar-refractivity contribution is 5.98. The Morgan fingerprint density at radius 2 is 1.76 bits per heavy atom. The van der Waals surface area contributed by atoms with Gasteiger partial charge in [-0.3, -0.25) is 9.59 Å². The molecule has 0 spiro atoms. The molecule has 1 aliphatic heterocycles. The number of fused-ring (bicyclic) bond motifs is 2. The van der Waals surface area contributed by atoms with Crippen LogP contribution in [0.5, 0.6) is 5.88 Å². The van der Waals surface area contributed by atoms with Crippen LogP contribution in [0.2, 0.25) is 0 Å². The van der Waals surface area contributed by atoms with E-state index in [0.29, 0.717) is 44.0 Å². The van der Waals surface area contributed by atoms with Crippen molar-refractivity contribution in [3.63, 3.8) is 0 Å². The minimum atomic E-state index is -0.268. The number of hydrogen-bond donors (Lipinski definition) is 1. The molecular weight excluding hydrogens is 366 g/mol. The fourth-order valence-corrected chi connectivity index (χ4v) is 3.64. The Labute approximate surface area is 169 Å². The first-order valence-corrected chi connectivity index (χ1v) is 9.72. The van der Waals surface area contributed by atoms with Crippen molar-refractivity contribution in [2.24, 2.45) is 0 Å². The predicted octanol–water partition coefficient (Wildman–Crippen LogP) is 3.30. The summed E-state index contributed by atoms with van der Waals surface area (Å²) < 4.78 is 5.32. The summed E-state index contributed by atoms with van der Waals surface area (Å²) in [5.74, 6) is 0.271. The molecule has 0 aliphatic carbocycles. The second kappa shape index (κ2) is 8.31. The van der Waals surface area contributed by atoms with Crippen LogP contribution in [0.1, 0.15) is 34.5 Å². The molecule has 0 unspecified atom stereocenters. The Balaban J connectivity index is 1.29. The first-order chi connectivity index (χ1) is 14.2. The summed E-state index contributed by atoms with van der Waals surface area (Å²) in [7, 11) is 1.54. The highest BCUT2D eigenvalue weighted by Crippen LogP contribution is 2.24. The molecule has 0 bridgehead atoms. The van der Waals surface area contributed by atoms with E-state index in [-0.39, 0.29) is 11.8 Å². The average molecular weight is 389 g/mol. The highest BCUT2D eigenvalue weighted by atomic mass is 16.5. The van der Waals surface area contributed by atoms with Gasteiger partial charge in [0.1, 0.15) is 5.69 Å². The molecule has 1 N–H and O–H groups in total. The van der Waals surface area contributed by atoms with E-state index in [4.69, 9.17) is 4.74 Å². The molecule has 2 heterocycles. The number of rotatable bonds is 6. The van der Waals surface area contributed by atoms with Crippen LogP contribution in [-0.4, -0.2) is 35.4 Å². The second-order valence-corrected chi connectivity index (χ2v) is 7.12. The van der Waals surface area contributed by atoms with Crippen LogP contribution < -0.4 is 10.1 Å². The monoisotopic (exact) mass is 389 g/mol. The summed E-state index contributed by atoms with van der Waals surface area (Å²) in [6.07, 6.45) is 0.991. The summed E-state index contributed by atoms with van der Waals surface area (Å²) in [5.41, 5.74) is 2.73. The molecule has 0 saturated heterocycles. The number of methoxy groups -OCH3 is 1. The van der Waals surface area contributed by atoms with Gasteiger partial charge >= 0.3 is 0 Å². The SMILES string of the molecule is COc1nc(C(=O)NCCCC(=O)N2Cc3ccccc3C2)cc2ccccc12. The zero-order valence-electron chi connectivity index (χ0n) is 16.4. The average Bonchev–Trinajstić information content (AvgIpc) is 3.20. The van der Waals surface area contributed by atoms with E-state index < -0.39 is 0 Å². The predicted molar refractivity (Wildman–Crippen MR) is 111 cm³/mol. The fourth-order valence-electron chi connectivity index (χ4n) is 3.64. The molecule has 0 fully saturated rings. The van der Waals surface area contributed by atoms with Crippen molar-refractivity contribution >= 4 is 22.6 Å². The van der Waals surface area contributed by atoms with Crippen molar-refractivity contribution in [2.45, 2.75) is 25.9 Å². The van der Waals surface area contributed by atoms with Gasteiger partial charge in [0.15, 0.2) is 0 Å². The quantitative estimate of drug-likeness (QED) is 0.657. The van der Waals surface area contributed by atoms with Crippen LogP contribution in [0.3, 0.4) is 0 Å². The zero-order chi connectivity index (χ0) is 20.2. The maximum atomic E-state index is 12.5. The summed E-state index contributed by atoms with van der Waals surface area (Å²) >= 11 is 0. The van der Waals surface area contributed by atoms with Crippen molar-refractivity contribution < 1.29 is 14.3 Å². The lowest BCUT2D eigenvalue weighted by Crippen LogP contribution is -2.28. The molecular formula is C23H23N3O3. The molecule has 2 aromatic carbocycles. The Morgan fingerprint density at radius 3 is 2.48 bits per heavy atom. The maximum Gasteiger partial charge on any atom is 0.270 e. The van der Waals surface area contributed by atoms with E-state index in [1.54, 1.807) is 13.2 Å². The van der Waals surface area contributed by atoms with Crippen molar-refractivity contribution in [3.05, 3.63) is 71.4 Å². The number of carbonyl (C=O) groups is 2. The molecule has 0 radical (unpaired) electrons. The van der Waals surface area contributed by atoms with E-state index in [1.165, 1.54) is 11.1 Å². The van der Waals surface area contributed by atoms with Gasteiger partial charge in [-0.25, -0.2) is 4.98 Å². The molecule has 4 rings (SSSR count). The highest BCUT2D eigenvalue weighted by Gasteiger charge is 2.22. The number of ether oxygens (including phenoxy) is 1. The summed E-state index contributed by atoms with van der Waals surface area (Å²) in [4.78, 5) is 31.1. The van der Waals surface area contributed by atoms with E-state index in [0.717, 1.165) is 10.8 Å². The van der Waals surface area contributed by atoms with Gasteiger partial charge in [0, 0.05) is 31.4 Å². The van der Waals surface area contributed by atoms with E-state index in [1.807, 2.05) is 41.3 Å². The molecule has 148 valence electrons. The third-order valence-corrected chi connectivity index (χ3v) is 5.18. The fraction of sp³-hybridized carbons (Fsp3) is 0.261. The van der Waals surface area contributed by atoms with Crippen LogP contribution in [0.25, 0.3) is 10.8 Å². The molecule has 29 heavy (non-hydrogen) atoms. The van der Waals surface area contributed by atoms with Crippen LogP contribution in [-0.2, 0) is 17.9 Å². The topological polar surface area (TPSA) is 71.5 Å². The number of hydrogen-bond acceptors (Lipinski definition) is 4. The third-order valence-electron chi connectivity index (χ3n) is 5.18. The van der Waals surface area contributed by atoms with Gasteiger partial charge in [-0.05, 0) is 35.1 Å². The summed E-state index contributed by atoms with van der Waals surface area (Å²) in [5, 5.41) is 4.61. The molecule has 3 aromatic rings. The van der Waals surface area contributed by atoms with Crippen molar-refractivity contribution in [2.75, 3.05) is 13.7 Å². The maximum absolute atomic E-state index is 12.5. The molecule has 6 heteroatoms. The van der Waals surface area contributed by atoms with Crippen LogP contribution in [0, 0.1) is 0 Å². The molecule has 1 aromatic heterocycles. The number of aromatic nitrogens is 1. The second-order valence-electron chi connectivity index (χ2n) is 7.12. The minimum Gasteiger partial charge on any atom is -0.481 e. The van der Waals surface area contributed by atoms with Gasteiger partial charge in [0.25, 0.3) is 5.91 Å². The number of nitrogens with zero attached hydrogens (tertiary/aromatic N) is 2. The Hall–Kier alpha value is -3.41. The van der Waals surface area contributed by atoms with Crippen LogP contribution >= 0.6 is 0 Å². The Bertz CT molecular complexity index is 1040. The van der Waals surface area contributed by atoms with Crippen molar-refractivity contribution in [1.29, 1.82) is 0 Å². The van der Waals surface area contributed by atoms with Gasteiger partial charge in [-0.15, -0.1) is 0 Å². The molecule has 0 saturated carbocycles. The lowest BCUT2D eigenvalue weighted by molar-refractivity contribution is -0.131. The van der Waals surface area contributed by atoms with Gasteiger partial charge in [0.2, 0.25) is 11.8 Å². The minimum absolute atomic E-state index is 0.112. The third kappa shape index (κ3) is 4.06. The smallest absolute Gasteiger partial charge is 0.270 e. The number of benzene rings is 2. The normalized spacial score (nSPS) is 12.7.